The van der Waals surface area contributed by atoms with Crippen LogP contribution in [0.15, 0.2) is 24.3 Å². The molecule has 1 atom stereocenters. The van der Waals surface area contributed by atoms with Gasteiger partial charge in [-0.25, -0.2) is 4.79 Å². The number of likely N-dealkylation sites (tertiary alicyclic amines) is 1. The number of ether oxygens (including phenoxy) is 1. The maximum Gasteiger partial charge on any atom is 0.317 e. The molecule has 25 heavy (non-hydrogen) atoms. The number of methoxy groups -OCH3 is 1. The summed E-state index contributed by atoms with van der Waals surface area (Å²) in [5.41, 5.74) is 1.39. The van der Waals surface area contributed by atoms with Crippen LogP contribution in [0.4, 0.5) is 4.79 Å². The summed E-state index contributed by atoms with van der Waals surface area (Å²) in [5, 5.41) is 3.23. The molecule has 1 N–H and O–H groups in total. The highest BCUT2D eigenvalue weighted by Crippen LogP contribution is 2.41. The molecule has 5 heteroatoms. The Kier molecular flexibility index (Phi) is 5.52. The summed E-state index contributed by atoms with van der Waals surface area (Å²) in [6, 6.07) is 8.94. The highest BCUT2D eigenvalue weighted by Gasteiger charge is 2.37. The molecule has 1 heterocycles. The van der Waals surface area contributed by atoms with Gasteiger partial charge >= 0.3 is 6.03 Å². The monoisotopic (exact) mass is 345 g/mol. The fourth-order valence-electron chi connectivity index (χ4n) is 4.27. The molecule has 2 aliphatic rings. The van der Waals surface area contributed by atoms with Crippen molar-refractivity contribution in [2.45, 2.75) is 43.6 Å². The lowest BCUT2D eigenvalue weighted by Crippen LogP contribution is -2.45. The number of urea groups is 1. The van der Waals surface area contributed by atoms with Gasteiger partial charge in [0.1, 0.15) is 5.75 Å². The molecule has 0 spiro atoms. The molecule has 1 aromatic carbocycles. The van der Waals surface area contributed by atoms with Gasteiger partial charge in [-0.05, 0) is 51.1 Å². The molecule has 1 saturated carbocycles. The SMILES string of the molecule is COc1ccc(C2(CNC(=O)N3CCC(N(C)C)C3)CCCC2)cc1. The first-order valence-corrected chi connectivity index (χ1v) is 9.38. The third-order valence-corrected chi connectivity index (χ3v) is 6.02. The Morgan fingerprint density at radius 1 is 1.28 bits per heavy atom. The van der Waals surface area contributed by atoms with Gasteiger partial charge < -0.3 is 19.9 Å². The summed E-state index contributed by atoms with van der Waals surface area (Å²) >= 11 is 0. The van der Waals surface area contributed by atoms with Crippen molar-refractivity contribution in [1.29, 1.82) is 0 Å². The van der Waals surface area contributed by atoms with Crippen LogP contribution in [-0.4, -0.2) is 62.7 Å². The molecule has 2 fully saturated rings. The lowest BCUT2D eigenvalue weighted by molar-refractivity contribution is 0.200. The van der Waals surface area contributed by atoms with Gasteiger partial charge in [0.15, 0.2) is 0 Å². The van der Waals surface area contributed by atoms with Crippen molar-refractivity contribution < 1.29 is 9.53 Å². The van der Waals surface area contributed by atoms with E-state index in [9.17, 15) is 4.79 Å². The molecule has 0 aromatic heterocycles. The second kappa shape index (κ2) is 7.65. The van der Waals surface area contributed by atoms with E-state index < -0.39 is 0 Å². The van der Waals surface area contributed by atoms with Crippen LogP contribution < -0.4 is 10.1 Å². The third-order valence-electron chi connectivity index (χ3n) is 6.02. The molecule has 138 valence electrons. The van der Waals surface area contributed by atoms with Crippen LogP contribution in [0, 0.1) is 0 Å². The molecule has 0 bridgehead atoms. The number of nitrogens with zero attached hydrogens (tertiary/aromatic N) is 2. The minimum Gasteiger partial charge on any atom is -0.497 e. The van der Waals surface area contributed by atoms with E-state index >= 15 is 0 Å². The van der Waals surface area contributed by atoms with E-state index in [1.54, 1.807) is 7.11 Å². The van der Waals surface area contributed by atoms with Gasteiger partial charge in [0.2, 0.25) is 0 Å². The summed E-state index contributed by atoms with van der Waals surface area (Å²) in [6.07, 6.45) is 5.80. The van der Waals surface area contributed by atoms with E-state index in [2.05, 4.69) is 36.4 Å². The number of carbonyl (C=O) groups excluding carboxylic acids is 1. The lowest BCUT2D eigenvalue weighted by Gasteiger charge is -2.31. The van der Waals surface area contributed by atoms with E-state index in [1.165, 1.54) is 18.4 Å². The number of hydrogen-bond acceptors (Lipinski definition) is 3. The number of benzene rings is 1. The molecule has 1 aliphatic carbocycles. The first kappa shape index (κ1) is 18.1. The van der Waals surface area contributed by atoms with E-state index in [0.29, 0.717) is 6.04 Å². The predicted molar refractivity (Wildman–Crippen MR) is 100 cm³/mol. The normalized spacial score (nSPS) is 22.4. The second-order valence-electron chi connectivity index (χ2n) is 7.73. The van der Waals surface area contributed by atoms with Gasteiger partial charge in [-0.15, -0.1) is 0 Å². The lowest BCUT2D eigenvalue weighted by atomic mass is 9.79. The highest BCUT2D eigenvalue weighted by molar-refractivity contribution is 5.74. The third kappa shape index (κ3) is 3.92. The van der Waals surface area contributed by atoms with E-state index in [4.69, 9.17) is 4.74 Å². The van der Waals surface area contributed by atoms with Crippen molar-refractivity contribution >= 4 is 6.03 Å². The largest absolute Gasteiger partial charge is 0.497 e. The molecular weight excluding hydrogens is 314 g/mol. The number of nitrogens with one attached hydrogen (secondary N) is 1. The van der Waals surface area contributed by atoms with Gasteiger partial charge in [0, 0.05) is 31.1 Å². The Labute approximate surface area is 151 Å². The van der Waals surface area contributed by atoms with Crippen LogP contribution in [0.1, 0.15) is 37.7 Å². The summed E-state index contributed by atoms with van der Waals surface area (Å²) in [5.74, 6) is 0.882. The molecule has 1 unspecified atom stereocenters. The minimum absolute atomic E-state index is 0.0720. The summed E-state index contributed by atoms with van der Waals surface area (Å²) < 4.78 is 5.28. The highest BCUT2D eigenvalue weighted by atomic mass is 16.5. The van der Waals surface area contributed by atoms with Crippen LogP contribution in [0.25, 0.3) is 0 Å². The van der Waals surface area contributed by atoms with Gasteiger partial charge in [-0.3, -0.25) is 0 Å². The quantitative estimate of drug-likeness (QED) is 0.892. The number of likely N-dealkylation sites (N-methyl/N-ethyl adjacent to an activating group) is 1. The predicted octanol–water partition coefficient (Wildman–Crippen LogP) is 2.85. The number of carbonyl (C=O) groups is 1. The summed E-state index contributed by atoms with van der Waals surface area (Å²) in [6.45, 7) is 2.40. The Bertz CT molecular complexity index is 579. The Morgan fingerprint density at radius 3 is 2.52 bits per heavy atom. The maximum atomic E-state index is 12.6. The van der Waals surface area contributed by atoms with Gasteiger partial charge in [-0.2, -0.15) is 0 Å². The summed E-state index contributed by atoms with van der Waals surface area (Å²) in [4.78, 5) is 16.8. The van der Waals surface area contributed by atoms with Crippen LogP contribution in [0.3, 0.4) is 0 Å². The van der Waals surface area contributed by atoms with Crippen molar-refractivity contribution in [2.24, 2.45) is 0 Å². The van der Waals surface area contributed by atoms with Crippen molar-refractivity contribution in [2.75, 3.05) is 40.8 Å². The Hall–Kier alpha value is -1.75. The van der Waals surface area contributed by atoms with Crippen LogP contribution in [-0.2, 0) is 5.41 Å². The molecule has 1 aliphatic heterocycles. The zero-order valence-electron chi connectivity index (χ0n) is 15.8. The first-order chi connectivity index (χ1) is 12.0. The zero-order valence-corrected chi connectivity index (χ0v) is 15.8. The molecule has 0 radical (unpaired) electrons. The van der Waals surface area contributed by atoms with E-state index in [-0.39, 0.29) is 11.4 Å². The molecular formula is C20H31N3O2. The smallest absolute Gasteiger partial charge is 0.317 e. The average molecular weight is 345 g/mol. The van der Waals surface area contributed by atoms with Crippen molar-refractivity contribution in [3.63, 3.8) is 0 Å². The van der Waals surface area contributed by atoms with Crippen LogP contribution in [0.2, 0.25) is 0 Å². The van der Waals surface area contributed by atoms with Crippen LogP contribution in [0.5, 0.6) is 5.75 Å². The van der Waals surface area contributed by atoms with Crippen molar-refractivity contribution in [3.05, 3.63) is 29.8 Å². The zero-order chi connectivity index (χ0) is 17.9. The molecule has 2 amide bonds. The summed E-state index contributed by atoms with van der Waals surface area (Å²) in [7, 11) is 5.87. The van der Waals surface area contributed by atoms with E-state index in [0.717, 1.165) is 44.6 Å². The molecule has 1 aromatic rings. The minimum atomic E-state index is 0.0720. The van der Waals surface area contributed by atoms with E-state index in [1.807, 2.05) is 17.0 Å². The fraction of sp³-hybridized carbons (Fsp3) is 0.650. The van der Waals surface area contributed by atoms with Gasteiger partial charge in [0.05, 0.1) is 7.11 Å². The van der Waals surface area contributed by atoms with Crippen molar-refractivity contribution in [1.82, 2.24) is 15.1 Å². The standard InChI is InChI=1S/C20H31N3O2/c1-22(2)17-10-13-23(14-17)19(24)21-15-20(11-4-5-12-20)16-6-8-18(25-3)9-7-16/h6-9,17H,4-5,10-15H2,1-3H3,(H,21,24). The number of hydrogen-bond donors (Lipinski definition) is 1. The van der Waals surface area contributed by atoms with Gasteiger partial charge in [-0.1, -0.05) is 25.0 Å². The second-order valence-corrected chi connectivity index (χ2v) is 7.73. The molecule has 1 saturated heterocycles. The number of amides is 2. The molecule has 5 nitrogen and oxygen atoms in total. The Morgan fingerprint density at radius 2 is 1.96 bits per heavy atom. The number of rotatable bonds is 5. The first-order valence-electron chi connectivity index (χ1n) is 9.38. The topological polar surface area (TPSA) is 44.8 Å². The Balaban J connectivity index is 1.63. The maximum absolute atomic E-state index is 12.6. The average Bonchev–Trinajstić information content (AvgIpc) is 3.30. The van der Waals surface area contributed by atoms with Crippen LogP contribution >= 0.6 is 0 Å². The van der Waals surface area contributed by atoms with Gasteiger partial charge in [0.25, 0.3) is 0 Å². The fourth-order valence-corrected chi connectivity index (χ4v) is 4.27. The van der Waals surface area contributed by atoms with Crippen molar-refractivity contribution in [3.8, 4) is 5.75 Å². The molecule has 3 rings (SSSR count).